The number of carbonyl (C=O) groups is 1. The van der Waals surface area contributed by atoms with E-state index in [1.165, 1.54) is 7.11 Å². The molecule has 6 heteroatoms. The zero-order chi connectivity index (χ0) is 11.5. The lowest BCUT2D eigenvalue weighted by molar-refractivity contribution is -0.144. The molecule has 0 N–H and O–H groups in total. The van der Waals surface area contributed by atoms with Crippen LogP contribution in [0, 0.1) is 5.92 Å². The van der Waals surface area contributed by atoms with Crippen LogP contribution in [0.15, 0.2) is 16.9 Å². The highest BCUT2D eigenvalue weighted by molar-refractivity contribution is 9.10. The lowest BCUT2D eigenvalue weighted by atomic mass is 10.1. The average molecular weight is 286 g/mol. The van der Waals surface area contributed by atoms with Gasteiger partial charge >= 0.3 is 5.97 Å². The SMILES string of the molecule is COC(=O)C1CCN(c2ncc(Br)cn2)C1. The monoisotopic (exact) mass is 285 g/mol. The van der Waals surface area contributed by atoms with Gasteiger partial charge in [-0.05, 0) is 22.4 Å². The maximum Gasteiger partial charge on any atom is 0.310 e. The number of ether oxygens (including phenoxy) is 1. The number of nitrogens with zero attached hydrogens (tertiary/aromatic N) is 3. The summed E-state index contributed by atoms with van der Waals surface area (Å²) in [5.74, 6) is 0.450. The smallest absolute Gasteiger partial charge is 0.310 e. The van der Waals surface area contributed by atoms with E-state index < -0.39 is 0 Å². The number of aromatic nitrogens is 2. The van der Waals surface area contributed by atoms with E-state index in [0.29, 0.717) is 12.5 Å². The summed E-state index contributed by atoms with van der Waals surface area (Å²) in [6.07, 6.45) is 4.20. The fraction of sp³-hybridized carbons (Fsp3) is 0.500. The van der Waals surface area contributed by atoms with Crippen LogP contribution in [0.3, 0.4) is 0 Å². The highest BCUT2D eigenvalue weighted by atomic mass is 79.9. The number of rotatable bonds is 2. The van der Waals surface area contributed by atoms with Crippen molar-refractivity contribution in [2.75, 3.05) is 25.1 Å². The predicted octanol–water partition coefficient (Wildman–Crippen LogP) is 1.24. The van der Waals surface area contributed by atoms with Crippen LogP contribution in [0.25, 0.3) is 0 Å². The van der Waals surface area contributed by atoms with Gasteiger partial charge in [-0.2, -0.15) is 0 Å². The Kier molecular flexibility index (Phi) is 3.38. The third kappa shape index (κ3) is 2.32. The molecule has 0 spiro atoms. The molecule has 16 heavy (non-hydrogen) atoms. The zero-order valence-corrected chi connectivity index (χ0v) is 10.5. The summed E-state index contributed by atoms with van der Waals surface area (Å²) in [4.78, 5) is 21.7. The summed E-state index contributed by atoms with van der Waals surface area (Å²) < 4.78 is 5.57. The van der Waals surface area contributed by atoms with Crippen LogP contribution in [0.4, 0.5) is 5.95 Å². The Hall–Kier alpha value is -1.17. The quantitative estimate of drug-likeness (QED) is 0.766. The summed E-state index contributed by atoms with van der Waals surface area (Å²) >= 11 is 3.28. The number of halogens is 1. The molecule has 1 saturated heterocycles. The molecule has 5 nitrogen and oxygen atoms in total. The van der Waals surface area contributed by atoms with E-state index in [1.807, 2.05) is 4.90 Å². The molecular formula is C10H12BrN3O2. The molecular weight excluding hydrogens is 274 g/mol. The Morgan fingerprint density at radius 2 is 2.25 bits per heavy atom. The first kappa shape index (κ1) is 11.3. The van der Waals surface area contributed by atoms with E-state index in [-0.39, 0.29) is 11.9 Å². The maximum absolute atomic E-state index is 11.3. The molecule has 1 unspecified atom stereocenters. The summed E-state index contributed by atoms with van der Waals surface area (Å²) in [6, 6.07) is 0. The van der Waals surface area contributed by atoms with Crippen molar-refractivity contribution in [3.63, 3.8) is 0 Å². The van der Waals surface area contributed by atoms with Crippen molar-refractivity contribution in [3.8, 4) is 0 Å². The molecule has 0 aliphatic carbocycles. The minimum atomic E-state index is -0.153. The topological polar surface area (TPSA) is 55.3 Å². The Balaban J connectivity index is 2.03. The molecule has 1 aliphatic rings. The van der Waals surface area contributed by atoms with Crippen molar-refractivity contribution in [2.24, 2.45) is 5.92 Å². The van der Waals surface area contributed by atoms with Crippen LogP contribution in [-0.4, -0.2) is 36.1 Å². The van der Waals surface area contributed by atoms with Gasteiger partial charge in [0.05, 0.1) is 17.5 Å². The Labute approximate surface area is 102 Å². The highest BCUT2D eigenvalue weighted by Crippen LogP contribution is 2.21. The third-order valence-electron chi connectivity index (χ3n) is 2.61. The maximum atomic E-state index is 11.3. The summed E-state index contributed by atoms with van der Waals surface area (Å²) in [7, 11) is 1.42. The number of hydrogen-bond acceptors (Lipinski definition) is 5. The molecule has 1 fully saturated rings. The van der Waals surface area contributed by atoms with Crippen molar-refractivity contribution in [1.82, 2.24) is 9.97 Å². The van der Waals surface area contributed by atoms with Crippen LogP contribution in [0.5, 0.6) is 0 Å². The number of carbonyl (C=O) groups excluding carboxylic acids is 1. The Bertz CT molecular complexity index is 382. The van der Waals surface area contributed by atoms with Gasteiger partial charge in [-0.25, -0.2) is 9.97 Å². The second-order valence-corrected chi connectivity index (χ2v) is 4.57. The normalized spacial score (nSPS) is 19.9. The molecule has 2 rings (SSSR count). The van der Waals surface area contributed by atoms with E-state index in [4.69, 9.17) is 4.74 Å². The van der Waals surface area contributed by atoms with Gasteiger partial charge < -0.3 is 9.64 Å². The number of anilines is 1. The van der Waals surface area contributed by atoms with Crippen molar-refractivity contribution < 1.29 is 9.53 Å². The molecule has 1 aromatic rings. The minimum absolute atomic E-state index is 0.0581. The predicted molar refractivity (Wildman–Crippen MR) is 62.1 cm³/mol. The molecule has 1 aliphatic heterocycles. The molecule has 1 atom stereocenters. The van der Waals surface area contributed by atoms with Gasteiger partial charge in [0, 0.05) is 25.5 Å². The Morgan fingerprint density at radius 3 is 2.88 bits per heavy atom. The fourth-order valence-electron chi connectivity index (χ4n) is 1.77. The number of hydrogen-bond donors (Lipinski definition) is 0. The van der Waals surface area contributed by atoms with Crippen molar-refractivity contribution in [3.05, 3.63) is 16.9 Å². The first-order valence-electron chi connectivity index (χ1n) is 5.01. The standard InChI is InChI=1S/C10H12BrN3O2/c1-16-9(15)7-2-3-14(6-7)10-12-4-8(11)5-13-10/h4-5,7H,2-3,6H2,1H3. The van der Waals surface area contributed by atoms with Crippen molar-refractivity contribution in [1.29, 1.82) is 0 Å². The van der Waals surface area contributed by atoms with Gasteiger partial charge in [-0.3, -0.25) is 4.79 Å². The molecule has 0 bridgehead atoms. The zero-order valence-electron chi connectivity index (χ0n) is 8.89. The van der Waals surface area contributed by atoms with Crippen LogP contribution in [0.2, 0.25) is 0 Å². The Morgan fingerprint density at radius 1 is 1.56 bits per heavy atom. The second kappa shape index (κ2) is 4.78. The molecule has 0 amide bonds. The minimum Gasteiger partial charge on any atom is -0.469 e. The van der Waals surface area contributed by atoms with E-state index in [9.17, 15) is 4.79 Å². The van der Waals surface area contributed by atoms with Crippen LogP contribution >= 0.6 is 15.9 Å². The van der Waals surface area contributed by atoms with Gasteiger partial charge in [0.25, 0.3) is 0 Å². The van der Waals surface area contributed by atoms with Gasteiger partial charge in [0.2, 0.25) is 5.95 Å². The van der Waals surface area contributed by atoms with Crippen molar-refractivity contribution in [2.45, 2.75) is 6.42 Å². The summed E-state index contributed by atoms with van der Waals surface area (Å²) in [5.41, 5.74) is 0. The molecule has 0 radical (unpaired) electrons. The first-order valence-corrected chi connectivity index (χ1v) is 5.80. The van der Waals surface area contributed by atoms with E-state index in [2.05, 4.69) is 25.9 Å². The van der Waals surface area contributed by atoms with E-state index in [1.54, 1.807) is 12.4 Å². The number of methoxy groups -OCH3 is 1. The second-order valence-electron chi connectivity index (χ2n) is 3.66. The molecule has 2 heterocycles. The van der Waals surface area contributed by atoms with Gasteiger partial charge in [0.15, 0.2) is 0 Å². The van der Waals surface area contributed by atoms with Crippen LogP contribution in [-0.2, 0) is 9.53 Å². The third-order valence-corrected chi connectivity index (χ3v) is 3.02. The van der Waals surface area contributed by atoms with Gasteiger partial charge in [-0.15, -0.1) is 0 Å². The lowest BCUT2D eigenvalue weighted by Crippen LogP contribution is -2.25. The van der Waals surface area contributed by atoms with E-state index >= 15 is 0 Å². The summed E-state index contributed by atoms with van der Waals surface area (Å²) in [5, 5.41) is 0. The van der Waals surface area contributed by atoms with Crippen molar-refractivity contribution >= 4 is 27.8 Å². The van der Waals surface area contributed by atoms with E-state index in [0.717, 1.165) is 17.4 Å². The van der Waals surface area contributed by atoms with Crippen LogP contribution < -0.4 is 4.90 Å². The lowest BCUT2D eigenvalue weighted by Gasteiger charge is -2.15. The fourth-order valence-corrected chi connectivity index (χ4v) is 1.97. The number of esters is 1. The van der Waals surface area contributed by atoms with Gasteiger partial charge in [-0.1, -0.05) is 0 Å². The molecule has 0 aromatic carbocycles. The summed E-state index contributed by atoms with van der Waals surface area (Å²) in [6.45, 7) is 1.43. The molecule has 86 valence electrons. The van der Waals surface area contributed by atoms with Crippen LogP contribution in [0.1, 0.15) is 6.42 Å². The first-order chi connectivity index (χ1) is 7.70. The average Bonchev–Trinajstić information content (AvgIpc) is 2.78. The molecule has 0 saturated carbocycles. The molecule has 1 aromatic heterocycles. The highest BCUT2D eigenvalue weighted by Gasteiger charge is 2.30. The van der Waals surface area contributed by atoms with Gasteiger partial charge in [0.1, 0.15) is 0 Å². The largest absolute Gasteiger partial charge is 0.469 e.